The SMILES string of the molecule is CC(C)C(=O)NCc1noc(COc2ccccc2)n1. The monoisotopic (exact) mass is 275 g/mol. The Morgan fingerprint density at radius 1 is 1.35 bits per heavy atom. The average Bonchev–Trinajstić information content (AvgIpc) is 2.91. The molecule has 1 amide bonds. The normalized spacial score (nSPS) is 10.6. The summed E-state index contributed by atoms with van der Waals surface area (Å²) >= 11 is 0. The zero-order chi connectivity index (χ0) is 14.4. The Bertz CT molecular complexity index is 552. The fourth-order valence-electron chi connectivity index (χ4n) is 1.45. The second-order valence-corrected chi connectivity index (χ2v) is 4.58. The molecule has 1 heterocycles. The van der Waals surface area contributed by atoms with Crippen LogP contribution in [0, 0.1) is 5.92 Å². The lowest BCUT2D eigenvalue weighted by Crippen LogP contribution is -2.27. The first-order chi connectivity index (χ1) is 9.65. The van der Waals surface area contributed by atoms with Crippen LogP contribution in [-0.2, 0) is 17.9 Å². The topological polar surface area (TPSA) is 77.2 Å². The van der Waals surface area contributed by atoms with Crippen molar-refractivity contribution in [1.29, 1.82) is 0 Å². The van der Waals surface area contributed by atoms with Crippen molar-refractivity contribution in [3.8, 4) is 5.75 Å². The van der Waals surface area contributed by atoms with Gasteiger partial charge in [0.1, 0.15) is 5.75 Å². The van der Waals surface area contributed by atoms with Crippen LogP contribution in [0.15, 0.2) is 34.9 Å². The molecule has 0 unspecified atom stereocenters. The van der Waals surface area contributed by atoms with Crippen LogP contribution < -0.4 is 10.1 Å². The molecule has 6 heteroatoms. The summed E-state index contributed by atoms with van der Waals surface area (Å²) in [6.45, 7) is 4.11. The van der Waals surface area contributed by atoms with Gasteiger partial charge in [-0.3, -0.25) is 4.79 Å². The van der Waals surface area contributed by atoms with Gasteiger partial charge in [-0.1, -0.05) is 37.2 Å². The Hall–Kier alpha value is -2.37. The van der Waals surface area contributed by atoms with Crippen molar-refractivity contribution >= 4 is 5.91 Å². The average molecular weight is 275 g/mol. The van der Waals surface area contributed by atoms with Gasteiger partial charge < -0.3 is 14.6 Å². The van der Waals surface area contributed by atoms with Crippen molar-refractivity contribution in [2.45, 2.75) is 27.0 Å². The maximum atomic E-state index is 11.4. The molecule has 0 radical (unpaired) electrons. The molecule has 2 rings (SSSR count). The molecule has 0 fully saturated rings. The lowest BCUT2D eigenvalue weighted by atomic mass is 10.2. The number of aromatic nitrogens is 2. The maximum absolute atomic E-state index is 11.4. The lowest BCUT2D eigenvalue weighted by Gasteiger charge is -2.04. The Balaban J connectivity index is 1.82. The van der Waals surface area contributed by atoms with E-state index in [9.17, 15) is 4.79 Å². The third-order valence-corrected chi connectivity index (χ3v) is 2.56. The predicted molar refractivity (Wildman–Crippen MR) is 71.8 cm³/mol. The van der Waals surface area contributed by atoms with Gasteiger partial charge in [0.25, 0.3) is 5.89 Å². The summed E-state index contributed by atoms with van der Waals surface area (Å²) in [7, 11) is 0. The van der Waals surface area contributed by atoms with E-state index in [0.717, 1.165) is 5.75 Å². The minimum Gasteiger partial charge on any atom is -0.484 e. The number of rotatable bonds is 6. The minimum atomic E-state index is -0.0669. The molecule has 0 bridgehead atoms. The molecular formula is C14H17N3O3. The largest absolute Gasteiger partial charge is 0.484 e. The zero-order valence-corrected chi connectivity index (χ0v) is 11.5. The summed E-state index contributed by atoms with van der Waals surface area (Å²) in [5, 5.41) is 6.50. The van der Waals surface area contributed by atoms with E-state index in [1.54, 1.807) is 0 Å². The Kier molecular flexibility index (Phi) is 4.70. The lowest BCUT2D eigenvalue weighted by molar-refractivity contribution is -0.124. The predicted octanol–water partition coefficient (Wildman–Crippen LogP) is 1.92. The summed E-state index contributed by atoms with van der Waals surface area (Å²) in [5.41, 5.74) is 0. The van der Waals surface area contributed by atoms with Gasteiger partial charge >= 0.3 is 0 Å². The Labute approximate surface area is 117 Å². The van der Waals surface area contributed by atoms with Crippen molar-refractivity contribution < 1.29 is 14.1 Å². The number of amides is 1. The molecule has 0 spiro atoms. The van der Waals surface area contributed by atoms with Crippen molar-refractivity contribution in [3.63, 3.8) is 0 Å². The summed E-state index contributed by atoms with van der Waals surface area (Å²) in [6.07, 6.45) is 0. The summed E-state index contributed by atoms with van der Waals surface area (Å²) in [6, 6.07) is 9.38. The maximum Gasteiger partial charge on any atom is 0.264 e. The van der Waals surface area contributed by atoms with E-state index in [1.807, 2.05) is 44.2 Å². The second kappa shape index (κ2) is 6.70. The smallest absolute Gasteiger partial charge is 0.264 e. The molecule has 6 nitrogen and oxygen atoms in total. The number of hydrogen-bond acceptors (Lipinski definition) is 5. The molecule has 1 N–H and O–H groups in total. The highest BCUT2D eigenvalue weighted by Crippen LogP contribution is 2.10. The molecule has 1 aromatic heterocycles. The van der Waals surface area contributed by atoms with E-state index in [-0.39, 0.29) is 25.0 Å². The van der Waals surface area contributed by atoms with Crippen molar-refractivity contribution in [2.75, 3.05) is 0 Å². The van der Waals surface area contributed by atoms with Crippen LogP contribution in [-0.4, -0.2) is 16.0 Å². The summed E-state index contributed by atoms with van der Waals surface area (Å²) in [5.74, 6) is 1.44. The molecule has 0 aliphatic rings. The van der Waals surface area contributed by atoms with Gasteiger partial charge in [-0.2, -0.15) is 4.98 Å². The molecule has 2 aromatic rings. The standard InChI is InChI=1S/C14H17N3O3/c1-10(2)14(18)15-8-12-16-13(20-17-12)9-19-11-6-4-3-5-7-11/h3-7,10H,8-9H2,1-2H3,(H,15,18). The summed E-state index contributed by atoms with van der Waals surface area (Å²) < 4.78 is 10.5. The number of nitrogens with one attached hydrogen (secondary N) is 1. The van der Waals surface area contributed by atoms with Gasteiger partial charge in [0.05, 0.1) is 6.54 Å². The van der Waals surface area contributed by atoms with Gasteiger partial charge in [0.2, 0.25) is 5.91 Å². The molecule has 20 heavy (non-hydrogen) atoms. The highest BCUT2D eigenvalue weighted by molar-refractivity contribution is 5.77. The number of ether oxygens (including phenoxy) is 1. The molecule has 1 aromatic carbocycles. The van der Waals surface area contributed by atoms with Crippen molar-refractivity contribution in [2.24, 2.45) is 5.92 Å². The minimum absolute atomic E-state index is 0.0446. The van der Waals surface area contributed by atoms with E-state index in [4.69, 9.17) is 9.26 Å². The van der Waals surface area contributed by atoms with E-state index >= 15 is 0 Å². The zero-order valence-electron chi connectivity index (χ0n) is 11.5. The number of carbonyl (C=O) groups excluding carboxylic acids is 1. The van der Waals surface area contributed by atoms with Gasteiger partial charge in [-0.15, -0.1) is 0 Å². The molecule has 0 aliphatic carbocycles. The fraction of sp³-hybridized carbons (Fsp3) is 0.357. The van der Waals surface area contributed by atoms with E-state index in [0.29, 0.717) is 11.7 Å². The van der Waals surface area contributed by atoms with Gasteiger partial charge in [0, 0.05) is 5.92 Å². The first-order valence-corrected chi connectivity index (χ1v) is 6.42. The van der Waals surface area contributed by atoms with E-state index in [1.165, 1.54) is 0 Å². The number of benzene rings is 1. The first kappa shape index (κ1) is 14.0. The van der Waals surface area contributed by atoms with E-state index < -0.39 is 0 Å². The van der Waals surface area contributed by atoms with Crippen LogP contribution >= 0.6 is 0 Å². The van der Waals surface area contributed by atoms with Crippen LogP contribution in [0.3, 0.4) is 0 Å². The quantitative estimate of drug-likeness (QED) is 0.871. The number of hydrogen-bond donors (Lipinski definition) is 1. The third-order valence-electron chi connectivity index (χ3n) is 2.56. The van der Waals surface area contributed by atoms with Crippen LogP contribution in [0.2, 0.25) is 0 Å². The Morgan fingerprint density at radius 3 is 2.80 bits per heavy atom. The van der Waals surface area contributed by atoms with Crippen LogP contribution in [0.4, 0.5) is 0 Å². The van der Waals surface area contributed by atoms with Crippen LogP contribution in [0.25, 0.3) is 0 Å². The van der Waals surface area contributed by atoms with Gasteiger partial charge in [0.15, 0.2) is 12.4 Å². The number of carbonyl (C=O) groups is 1. The molecule has 0 saturated carbocycles. The molecule has 106 valence electrons. The first-order valence-electron chi connectivity index (χ1n) is 6.42. The highest BCUT2D eigenvalue weighted by Gasteiger charge is 2.10. The van der Waals surface area contributed by atoms with Gasteiger partial charge in [-0.25, -0.2) is 0 Å². The second-order valence-electron chi connectivity index (χ2n) is 4.58. The highest BCUT2D eigenvalue weighted by atomic mass is 16.5. The fourth-order valence-corrected chi connectivity index (χ4v) is 1.45. The number of nitrogens with zero attached hydrogens (tertiary/aromatic N) is 2. The number of para-hydroxylation sites is 1. The molecular weight excluding hydrogens is 258 g/mol. The third kappa shape index (κ3) is 4.08. The molecule has 0 atom stereocenters. The Morgan fingerprint density at radius 2 is 2.10 bits per heavy atom. The van der Waals surface area contributed by atoms with Crippen molar-refractivity contribution in [1.82, 2.24) is 15.5 Å². The van der Waals surface area contributed by atoms with Gasteiger partial charge in [-0.05, 0) is 12.1 Å². The van der Waals surface area contributed by atoms with Crippen molar-refractivity contribution in [3.05, 3.63) is 42.0 Å². The summed E-state index contributed by atoms with van der Waals surface area (Å²) in [4.78, 5) is 15.6. The van der Waals surface area contributed by atoms with Crippen LogP contribution in [0.5, 0.6) is 5.75 Å². The molecule has 0 saturated heterocycles. The molecule has 0 aliphatic heterocycles. The van der Waals surface area contributed by atoms with Crippen LogP contribution in [0.1, 0.15) is 25.6 Å². The van der Waals surface area contributed by atoms with E-state index in [2.05, 4.69) is 15.5 Å².